The van der Waals surface area contributed by atoms with Gasteiger partial charge < -0.3 is 10.2 Å². The molecule has 2 rings (SSSR count). The zero-order valence-electron chi connectivity index (χ0n) is 13.3. The summed E-state index contributed by atoms with van der Waals surface area (Å²) in [5.41, 5.74) is 0. The van der Waals surface area contributed by atoms with Crippen LogP contribution in [0, 0.1) is 17.8 Å². The molecule has 0 aromatic rings. The molecule has 1 aliphatic carbocycles. The van der Waals surface area contributed by atoms with Crippen molar-refractivity contribution in [2.75, 3.05) is 26.2 Å². The van der Waals surface area contributed by atoms with Gasteiger partial charge >= 0.3 is 0 Å². The van der Waals surface area contributed by atoms with Crippen molar-refractivity contribution in [2.45, 2.75) is 65.3 Å². The van der Waals surface area contributed by atoms with E-state index in [0.29, 0.717) is 0 Å². The molecular formula is C17H34N2. The molecule has 2 nitrogen and oxygen atoms in total. The highest BCUT2D eigenvalue weighted by atomic mass is 15.2. The number of hydrogen-bond acceptors (Lipinski definition) is 2. The van der Waals surface area contributed by atoms with Crippen LogP contribution in [0.15, 0.2) is 0 Å². The van der Waals surface area contributed by atoms with Crippen LogP contribution in [0.3, 0.4) is 0 Å². The minimum atomic E-state index is 0.789. The molecule has 112 valence electrons. The van der Waals surface area contributed by atoms with Gasteiger partial charge in [-0.2, -0.15) is 0 Å². The van der Waals surface area contributed by atoms with Crippen LogP contribution < -0.4 is 5.32 Å². The summed E-state index contributed by atoms with van der Waals surface area (Å²) in [5.74, 6) is 2.81. The van der Waals surface area contributed by atoms with Crippen molar-refractivity contribution in [1.29, 1.82) is 0 Å². The van der Waals surface area contributed by atoms with Crippen LogP contribution in [-0.4, -0.2) is 37.1 Å². The summed E-state index contributed by atoms with van der Waals surface area (Å²) >= 11 is 0. The first-order valence-corrected chi connectivity index (χ1v) is 8.68. The number of rotatable bonds is 6. The Labute approximate surface area is 120 Å². The number of nitrogens with one attached hydrogen (secondary N) is 1. The first kappa shape index (κ1) is 15.3. The molecule has 2 aliphatic rings. The highest BCUT2D eigenvalue weighted by molar-refractivity contribution is 4.87. The summed E-state index contributed by atoms with van der Waals surface area (Å²) in [6.07, 6.45) is 8.34. The molecule has 4 atom stereocenters. The molecule has 1 heterocycles. The zero-order valence-corrected chi connectivity index (χ0v) is 13.3. The van der Waals surface area contributed by atoms with Crippen molar-refractivity contribution >= 4 is 0 Å². The number of nitrogens with zero attached hydrogens (tertiary/aromatic N) is 1. The third-order valence-corrected chi connectivity index (χ3v) is 5.34. The van der Waals surface area contributed by atoms with Crippen LogP contribution in [0.25, 0.3) is 0 Å². The van der Waals surface area contributed by atoms with Crippen molar-refractivity contribution < 1.29 is 0 Å². The Morgan fingerprint density at radius 1 is 1.16 bits per heavy atom. The van der Waals surface area contributed by atoms with Crippen molar-refractivity contribution in [3.63, 3.8) is 0 Å². The maximum absolute atomic E-state index is 3.81. The van der Waals surface area contributed by atoms with E-state index >= 15 is 0 Å². The Balaban J connectivity index is 1.83. The summed E-state index contributed by atoms with van der Waals surface area (Å²) in [6, 6.07) is 0.789. The van der Waals surface area contributed by atoms with Gasteiger partial charge in [-0.3, -0.25) is 0 Å². The van der Waals surface area contributed by atoms with E-state index in [9.17, 15) is 0 Å². The Hall–Kier alpha value is -0.0800. The molecular weight excluding hydrogens is 232 g/mol. The average molecular weight is 266 g/mol. The highest BCUT2D eigenvalue weighted by Gasteiger charge is 2.31. The van der Waals surface area contributed by atoms with Gasteiger partial charge in [-0.1, -0.05) is 27.2 Å². The molecule has 1 N–H and O–H groups in total. The SMILES string of the molecule is CCCNC1CCC(C)CC1CN1CCC(CC)C1. The first-order chi connectivity index (χ1) is 9.22. The normalized spacial score (nSPS) is 36.8. The lowest BCUT2D eigenvalue weighted by atomic mass is 9.78. The predicted octanol–water partition coefficient (Wildman–Crippen LogP) is 3.52. The van der Waals surface area contributed by atoms with E-state index < -0.39 is 0 Å². The molecule has 0 aromatic heterocycles. The van der Waals surface area contributed by atoms with Crippen molar-refractivity contribution in [2.24, 2.45) is 17.8 Å². The van der Waals surface area contributed by atoms with E-state index in [1.165, 1.54) is 64.7 Å². The van der Waals surface area contributed by atoms with E-state index in [2.05, 4.69) is 31.0 Å². The molecule has 2 fully saturated rings. The van der Waals surface area contributed by atoms with Crippen LogP contribution in [0.1, 0.15) is 59.3 Å². The van der Waals surface area contributed by atoms with Gasteiger partial charge in [0.15, 0.2) is 0 Å². The molecule has 0 aromatic carbocycles. The summed E-state index contributed by atoms with van der Waals surface area (Å²) in [6.45, 7) is 12.3. The Bertz CT molecular complexity index is 252. The average Bonchev–Trinajstić information content (AvgIpc) is 2.85. The maximum atomic E-state index is 3.81. The molecule has 2 heteroatoms. The van der Waals surface area contributed by atoms with Gasteiger partial charge in [0.1, 0.15) is 0 Å². The van der Waals surface area contributed by atoms with E-state index in [4.69, 9.17) is 0 Å². The topological polar surface area (TPSA) is 15.3 Å². The molecule has 4 unspecified atom stereocenters. The Kier molecular flexibility index (Phi) is 6.15. The van der Waals surface area contributed by atoms with Crippen LogP contribution >= 0.6 is 0 Å². The second-order valence-corrected chi connectivity index (χ2v) is 7.06. The fourth-order valence-electron chi connectivity index (χ4n) is 4.04. The summed E-state index contributed by atoms with van der Waals surface area (Å²) in [7, 11) is 0. The smallest absolute Gasteiger partial charge is 0.0108 e. The fraction of sp³-hybridized carbons (Fsp3) is 1.00. The van der Waals surface area contributed by atoms with Gasteiger partial charge in [0.25, 0.3) is 0 Å². The molecule has 1 saturated heterocycles. The lowest BCUT2D eigenvalue weighted by Crippen LogP contribution is -2.45. The van der Waals surface area contributed by atoms with E-state index in [1.54, 1.807) is 0 Å². The van der Waals surface area contributed by atoms with Crippen LogP contribution in [-0.2, 0) is 0 Å². The van der Waals surface area contributed by atoms with Gasteiger partial charge in [-0.15, -0.1) is 0 Å². The molecule has 1 saturated carbocycles. The van der Waals surface area contributed by atoms with Crippen LogP contribution in [0.4, 0.5) is 0 Å². The quantitative estimate of drug-likeness (QED) is 0.791. The van der Waals surface area contributed by atoms with Crippen molar-refractivity contribution in [3.8, 4) is 0 Å². The minimum Gasteiger partial charge on any atom is -0.314 e. The van der Waals surface area contributed by atoms with Crippen molar-refractivity contribution in [3.05, 3.63) is 0 Å². The number of hydrogen-bond donors (Lipinski definition) is 1. The van der Waals surface area contributed by atoms with Gasteiger partial charge in [-0.25, -0.2) is 0 Å². The van der Waals surface area contributed by atoms with Gasteiger partial charge in [-0.05, 0) is 62.9 Å². The zero-order chi connectivity index (χ0) is 13.7. The Morgan fingerprint density at radius 3 is 2.68 bits per heavy atom. The predicted molar refractivity (Wildman–Crippen MR) is 83.4 cm³/mol. The van der Waals surface area contributed by atoms with Crippen LogP contribution in [0.2, 0.25) is 0 Å². The minimum absolute atomic E-state index is 0.789. The van der Waals surface area contributed by atoms with Gasteiger partial charge in [0, 0.05) is 19.1 Å². The third kappa shape index (κ3) is 4.46. The van der Waals surface area contributed by atoms with Crippen molar-refractivity contribution in [1.82, 2.24) is 10.2 Å². The second kappa shape index (κ2) is 7.64. The van der Waals surface area contributed by atoms with E-state index in [1.807, 2.05) is 0 Å². The molecule has 1 aliphatic heterocycles. The third-order valence-electron chi connectivity index (χ3n) is 5.34. The van der Waals surface area contributed by atoms with Crippen LogP contribution in [0.5, 0.6) is 0 Å². The molecule has 0 bridgehead atoms. The molecule has 0 radical (unpaired) electrons. The molecule has 0 spiro atoms. The van der Waals surface area contributed by atoms with E-state index in [-0.39, 0.29) is 0 Å². The highest BCUT2D eigenvalue weighted by Crippen LogP contribution is 2.31. The molecule has 0 amide bonds. The molecule has 19 heavy (non-hydrogen) atoms. The first-order valence-electron chi connectivity index (χ1n) is 8.68. The summed E-state index contributed by atoms with van der Waals surface area (Å²) in [4.78, 5) is 2.75. The standard InChI is InChI=1S/C17H34N2/c1-4-9-18-17-7-6-14(3)11-16(17)13-19-10-8-15(5-2)12-19/h14-18H,4-13H2,1-3H3. The summed E-state index contributed by atoms with van der Waals surface area (Å²) in [5, 5.41) is 3.81. The number of likely N-dealkylation sites (tertiary alicyclic amines) is 1. The summed E-state index contributed by atoms with van der Waals surface area (Å²) < 4.78 is 0. The largest absolute Gasteiger partial charge is 0.314 e. The van der Waals surface area contributed by atoms with Gasteiger partial charge in [0.05, 0.1) is 0 Å². The van der Waals surface area contributed by atoms with Gasteiger partial charge in [0.2, 0.25) is 0 Å². The lowest BCUT2D eigenvalue weighted by Gasteiger charge is -2.37. The van der Waals surface area contributed by atoms with E-state index in [0.717, 1.165) is 23.8 Å². The lowest BCUT2D eigenvalue weighted by molar-refractivity contribution is 0.157. The second-order valence-electron chi connectivity index (χ2n) is 7.06. The maximum Gasteiger partial charge on any atom is 0.0108 e. The Morgan fingerprint density at radius 2 is 2.00 bits per heavy atom. The monoisotopic (exact) mass is 266 g/mol. The fourth-order valence-corrected chi connectivity index (χ4v) is 4.04.